The van der Waals surface area contributed by atoms with Crippen LogP contribution in [-0.2, 0) is 0 Å². The largest absolute Gasteiger partial charge is 0.351 e. The van der Waals surface area contributed by atoms with Crippen LogP contribution in [0, 0.1) is 26.6 Å². The average molecular weight is 457 g/mol. The van der Waals surface area contributed by atoms with Crippen LogP contribution >= 0.6 is 12.2 Å². The molecule has 1 N–H and O–H groups in total. The van der Waals surface area contributed by atoms with E-state index in [1.165, 1.54) is 17.7 Å². The van der Waals surface area contributed by atoms with Crippen molar-refractivity contribution in [3.05, 3.63) is 113 Å². The van der Waals surface area contributed by atoms with Gasteiger partial charge in [0.2, 0.25) is 0 Å². The summed E-state index contributed by atoms with van der Waals surface area (Å²) in [6.07, 6.45) is 1.80. The van der Waals surface area contributed by atoms with Crippen molar-refractivity contribution in [2.75, 3.05) is 4.90 Å². The van der Waals surface area contributed by atoms with Gasteiger partial charge in [-0.25, -0.2) is 4.39 Å². The molecule has 166 valence electrons. The van der Waals surface area contributed by atoms with E-state index in [0.717, 1.165) is 34.0 Å². The van der Waals surface area contributed by atoms with Crippen LogP contribution in [-0.4, -0.2) is 14.7 Å². The van der Waals surface area contributed by atoms with Gasteiger partial charge in [0, 0.05) is 29.0 Å². The Hall–Kier alpha value is -3.51. The monoisotopic (exact) mass is 456 g/mol. The maximum Gasteiger partial charge on any atom is 0.174 e. The van der Waals surface area contributed by atoms with Crippen LogP contribution in [0.4, 0.5) is 10.1 Å². The van der Waals surface area contributed by atoms with Gasteiger partial charge in [0.25, 0.3) is 0 Å². The van der Waals surface area contributed by atoms with Gasteiger partial charge in [0.1, 0.15) is 5.82 Å². The fourth-order valence-corrected chi connectivity index (χ4v) is 5.07. The van der Waals surface area contributed by atoms with Gasteiger partial charge in [0.05, 0.1) is 17.8 Å². The number of nitrogens with zero attached hydrogens (tertiary/aromatic N) is 3. The number of aryl methyl sites for hydroxylation is 2. The Kier molecular flexibility index (Phi) is 5.46. The minimum absolute atomic E-state index is 0.136. The number of halogens is 1. The Morgan fingerprint density at radius 3 is 2.27 bits per heavy atom. The first kappa shape index (κ1) is 21.3. The van der Waals surface area contributed by atoms with E-state index >= 15 is 0 Å². The molecule has 0 bridgehead atoms. The number of hydrogen-bond acceptors (Lipinski definition) is 2. The topological polar surface area (TPSA) is 33.1 Å². The summed E-state index contributed by atoms with van der Waals surface area (Å²) in [7, 11) is 0. The summed E-state index contributed by atoms with van der Waals surface area (Å²) in [5.41, 5.74) is 7.54. The highest BCUT2D eigenvalue weighted by molar-refractivity contribution is 7.80. The van der Waals surface area contributed by atoms with Crippen molar-refractivity contribution in [1.29, 1.82) is 0 Å². The fraction of sp³-hybridized carbons (Fsp3) is 0.185. The van der Waals surface area contributed by atoms with E-state index in [9.17, 15) is 4.39 Å². The first-order chi connectivity index (χ1) is 15.9. The number of anilines is 1. The van der Waals surface area contributed by atoms with Crippen LogP contribution in [0.3, 0.4) is 0 Å². The van der Waals surface area contributed by atoms with Gasteiger partial charge in [-0.3, -0.25) is 4.98 Å². The number of thiocarbonyl (C=S) groups is 1. The Balaban J connectivity index is 1.67. The van der Waals surface area contributed by atoms with E-state index in [-0.39, 0.29) is 17.9 Å². The maximum atomic E-state index is 13.7. The second-order valence-electron chi connectivity index (χ2n) is 8.47. The molecule has 0 aliphatic carbocycles. The summed E-state index contributed by atoms with van der Waals surface area (Å²) in [6, 6.07) is 22.9. The summed E-state index contributed by atoms with van der Waals surface area (Å²) >= 11 is 5.79. The van der Waals surface area contributed by atoms with E-state index in [1.54, 1.807) is 18.3 Å². The molecule has 2 aromatic heterocycles. The first-order valence-corrected chi connectivity index (χ1v) is 11.4. The van der Waals surface area contributed by atoms with Crippen LogP contribution in [0.2, 0.25) is 0 Å². The molecule has 5 rings (SSSR count). The number of hydrogen-bond donors (Lipinski definition) is 1. The van der Waals surface area contributed by atoms with Gasteiger partial charge in [-0.05, 0) is 93.1 Å². The van der Waals surface area contributed by atoms with E-state index in [2.05, 4.69) is 70.9 Å². The minimum atomic E-state index is -0.271. The molecule has 1 aliphatic rings. The lowest BCUT2D eigenvalue weighted by molar-refractivity contribution is 0.565. The lowest BCUT2D eigenvalue weighted by Crippen LogP contribution is -2.29. The quantitative estimate of drug-likeness (QED) is 0.376. The summed E-state index contributed by atoms with van der Waals surface area (Å²) in [6.45, 7) is 6.35. The second kappa shape index (κ2) is 8.45. The number of rotatable bonds is 4. The van der Waals surface area contributed by atoms with Gasteiger partial charge < -0.3 is 14.8 Å². The van der Waals surface area contributed by atoms with Gasteiger partial charge in [-0.2, -0.15) is 0 Å². The average Bonchev–Trinajstić information content (AvgIpc) is 3.31. The highest BCUT2D eigenvalue weighted by Gasteiger charge is 2.42. The minimum Gasteiger partial charge on any atom is -0.351 e. The van der Waals surface area contributed by atoms with Crippen LogP contribution in [0.15, 0.2) is 79.0 Å². The SMILES string of the molecule is Cc1ccc(-n2c(C)cc([C@H]3[C@@H](c4ccccn4)NC(=S)N3c3ccc(F)cc3)c2C)cc1. The summed E-state index contributed by atoms with van der Waals surface area (Å²) < 4.78 is 16.0. The molecule has 0 radical (unpaired) electrons. The maximum absolute atomic E-state index is 13.7. The predicted molar refractivity (Wildman–Crippen MR) is 134 cm³/mol. The molecular formula is C27H25FN4S. The molecule has 1 aliphatic heterocycles. The van der Waals surface area contributed by atoms with Crippen molar-refractivity contribution >= 4 is 23.0 Å². The van der Waals surface area contributed by atoms with Crippen LogP contribution < -0.4 is 10.2 Å². The molecule has 3 heterocycles. The van der Waals surface area contributed by atoms with Crippen LogP contribution in [0.5, 0.6) is 0 Å². The zero-order valence-electron chi connectivity index (χ0n) is 18.8. The van der Waals surface area contributed by atoms with E-state index in [1.807, 2.05) is 18.2 Å². The first-order valence-electron chi connectivity index (χ1n) is 11.0. The van der Waals surface area contributed by atoms with Crippen LogP contribution in [0.25, 0.3) is 5.69 Å². The highest BCUT2D eigenvalue weighted by atomic mass is 32.1. The third-order valence-corrected chi connectivity index (χ3v) is 6.60. The molecule has 0 amide bonds. The van der Waals surface area contributed by atoms with Crippen LogP contribution in [0.1, 0.15) is 40.3 Å². The second-order valence-corrected chi connectivity index (χ2v) is 8.86. The number of nitrogens with one attached hydrogen (secondary N) is 1. The van der Waals surface area contributed by atoms with E-state index in [4.69, 9.17) is 12.2 Å². The summed E-state index contributed by atoms with van der Waals surface area (Å²) in [5, 5.41) is 4.08. The number of aromatic nitrogens is 2. The zero-order valence-corrected chi connectivity index (χ0v) is 19.6. The number of benzene rings is 2. The Morgan fingerprint density at radius 1 is 0.909 bits per heavy atom. The van der Waals surface area contributed by atoms with Crippen molar-refractivity contribution in [1.82, 2.24) is 14.9 Å². The molecule has 1 fully saturated rings. The van der Waals surface area contributed by atoms with Gasteiger partial charge >= 0.3 is 0 Å². The van der Waals surface area contributed by atoms with Crippen molar-refractivity contribution in [3.63, 3.8) is 0 Å². The van der Waals surface area contributed by atoms with E-state index in [0.29, 0.717) is 5.11 Å². The van der Waals surface area contributed by atoms with E-state index < -0.39 is 0 Å². The highest BCUT2D eigenvalue weighted by Crippen LogP contribution is 2.43. The number of pyridine rings is 1. The zero-order chi connectivity index (χ0) is 23.1. The summed E-state index contributed by atoms with van der Waals surface area (Å²) in [4.78, 5) is 6.70. The smallest absolute Gasteiger partial charge is 0.174 e. The normalized spacial score (nSPS) is 17.9. The Bertz CT molecular complexity index is 1300. The molecule has 2 aromatic carbocycles. The lowest BCUT2D eigenvalue weighted by Gasteiger charge is -2.28. The molecule has 2 atom stereocenters. The standard InChI is InChI=1S/C27H25FN4S/c1-17-7-11-21(12-8-17)31-18(2)16-23(19(31)3)26-25(24-6-4-5-15-29-24)30-27(33)32(26)22-13-9-20(28)10-14-22/h4-16,25-26H,1-3H3,(H,30,33)/t25-,26+/m1/s1. The molecule has 0 spiro atoms. The fourth-order valence-electron chi connectivity index (χ4n) is 4.73. The molecule has 1 saturated heterocycles. The van der Waals surface area contributed by atoms with Crippen molar-refractivity contribution in [3.8, 4) is 5.69 Å². The lowest BCUT2D eigenvalue weighted by atomic mass is 9.96. The molecule has 4 nitrogen and oxygen atoms in total. The molecule has 4 aromatic rings. The van der Waals surface area contributed by atoms with Gasteiger partial charge in [-0.1, -0.05) is 23.8 Å². The third kappa shape index (κ3) is 3.80. The molecule has 6 heteroatoms. The molecule has 0 unspecified atom stereocenters. The van der Waals surface area contributed by atoms with Gasteiger partial charge in [-0.15, -0.1) is 0 Å². The van der Waals surface area contributed by atoms with Crippen molar-refractivity contribution in [2.24, 2.45) is 0 Å². The summed E-state index contributed by atoms with van der Waals surface area (Å²) in [5.74, 6) is -0.271. The molecular weight excluding hydrogens is 431 g/mol. The molecule has 0 saturated carbocycles. The third-order valence-electron chi connectivity index (χ3n) is 6.28. The van der Waals surface area contributed by atoms with Gasteiger partial charge in [0.15, 0.2) is 5.11 Å². The molecule has 33 heavy (non-hydrogen) atoms. The van der Waals surface area contributed by atoms with Crippen molar-refractivity contribution in [2.45, 2.75) is 32.9 Å². The Morgan fingerprint density at radius 2 is 1.61 bits per heavy atom. The predicted octanol–water partition coefficient (Wildman–Crippen LogP) is 6.11. The Labute approximate surface area is 198 Å². The van der Waals surface area contributed by atoms with Crippen molar-refractivity contribution < 1.29 is 4.39 Å².